The Kier molecular flexibility index (Phi) is 44.6. The largest absolute Gasteiger partial charge is 0.394 e. The second-order valence-corrected chi connectivity index (χ2v) is 26.3. The lowest BCUT2D eigenvalue weighted by Gasteiger charge is -2.42. The van der Waals surface area contributed by atoms with E-state index in [0.29, 0.717) is 12.8 Å². The Balaban J connectivity index is 1.32. The van der Waals surface area contributed by atoms with E-state index < -0.39 is 208 Å². The number of nitrogens with one attached hydrogen (secondary N) is 9. The predicted octanol–water partition coefficient (Wildman–Crippen LogP) is -10.3. The fourth-order valence-corrected chi connectivity index (χ4v) is 11.0. The molecule has 4 heterocycles. The van der Waals surface area contributed by atoms with Crippen LogP contribution in [0.4, 0.5) is 0 Å². The van der Waals surface area contributed by atoms with Crippen LogP contribution in [0, 0.1) is 0 Å². The van der Waals surface area contributed by atoms with Crippen molar-refractivity contribution in [2.24, 2.45) is 0 Å². The van der Waals surface area contributed by atoms with E-state index in [0.717, 1.165) is 0 Å². The summed E-state index contributed by atoms with van der Waals surface area (Å²) >= 11 is 0. The topological polar surface area (TPSA) is 593 Å². The first-order valence-corrected chi connectivity index (χ1v) is 35.6. The van der Waals surface area contributed by atoms with E-state index in [1.54, 1.807) is 0 Å². The number of hydrogen-bond acceptors (Lipinski definition) is 33. The lowest BCUT2D eigenvalue weighted by atomic mass is 9.97. The zero-order chi connectivity index (χ0) is 79.0. The van der Waals surface area contributed by atoms with E-state index in [4.69, 9.17) is 66.3 Å². The van der Waals surface area contributed by atoms with Crippen LogP contribution in [0.2, 0.25) is 0 Å². The van der Waals surface area contributed by atoms with Crippen LogP contribution in [0.25, 0.3) is 0 Å². The molecule has 20 atom stereocenters. The van der Waals surface area contributed by atoms with E-state index in [-0.39, 0.29) is 150 Å². The van der Waals surface area contributed by atoms with Crippen molar-refractivity contribution in [1.82, 2.24) is 47.9 Å². The first kappa shape index (κ1) is 93.6. The van der Waals surface area contributed by atoms with Gasteiger partial charge in [0.25, 0.3) is 0 Å². The van der Waals surface area contributed by atoms with Gasteiger partial charge in [0.15, 0.2) is 18.9 Å². The van der Waals surface area contributed by atoms with E-state index in [1.165, 1.54) is 20.8 Å². The molecule has 0 radical (unpaired) electrons. The zero-order valence-corrected chi connectivity index (χ0v) is 61.4. The molecule has 4 aliphatic rings. The van der Waals surface area contributed by atoms with Crippen molar-refractivity contribution in [1.29, 1.82) is 0 Å². The Morgan fingerprint density at radius 1 is 0.411 bits per heavy atom. The fourth-order valence-electron chi connectivity index (χ4n) is 11.0. The second-order valence-electron chi connectivity index (χ2n) is 26.3. The van der Waals surface area contributed by atoms with Gasteiger partial charge in [-0.25, -0.2) is 0 Å². The molecule has 19 N–H and O–H groups in total. The maximum Gasteiger partial charge on any atom is 0.249 e. The minimum atomic E-state index is -1.56. The molecule has 4 fully saturated rings. The minimum Gasteiger partial charge on any atom is -0.394 e. The smallest absolute Gasteiger partial charge is 0.249 e. The normalized spacial score (nSPS) is 27.9. The highest BCUT2D eigenvalue weighted by atomic mass is 16.7. The van der Waals surface area contributed by atoms with E-state index in [9.17, 15) is 94.2 Å². The van der Waals surface area contributed by atoms with Crippen LogP contribution in [-0.2, 0) is 109 Å². The average Bonchev–Trinajstić information content (AvgIpc) is 0.818. The van der Waals surface area contributed by atoms with Gasteiger partial charge in [-0.05, 0) is 46.5 Å². The number of aliphatic hydroxyl groups excluding tert-OH is 10. The van der Waals surface area contributed by atoms with Gasteiger partial charge in [0.1, 0.15) is 104 Å². The predicted molar refractivity (Wildman–Crippen MR) is 363 cm³/mol. The van der Waals surface area contributed by atoms with Crippen LogP contribution in [-0.4, -0.2) is 384 Å². The van der Waals surface area contributed by atoms with E-state index >= 15 is 0 Å². The third-order valence-corrected chi connectivity index (χ3v) is 16.6. The Morgan fingerprint density at radius 2 is 0.766 bits per heavy atom. The van der Waals surface area contributed by atoms with Crippen molar-refractivity contribution < 1.29 is 161 Å². The summed E-state index contributed by atoms with van der Waals surface area (Å²) in [5.74, 6) is -5.70. The van der Waals surface area contributed by atoms with Gasteiger partial charge < -0.3 is 165 Å². The van der Waals surface area contributed by atoms with Gasteiger partial charge in [-0.15, -0.1) is 0 Å². The summed E-state index contributed by atoms with van der Waals surface area (Å²) in [6, 6.07) is -6.37. The molecule has 0 saturated carbocycles. The SMILES string of the molecule is CC(=O)NC1C(OCCOCCNC(=O)CC[C@H](NC(=O)CC[C@H](NC(=O)COCCOCCOCCNC(=O)[C@@H]2CC[C@H](O)[C@@H](COC(C)(C)C)O2)C(=O)NCCOCCOC2OC(CO)C(O)C(O)C2NC(C)=O)C(=O)NCCOCCOC2OC(CO)C(O)C(O)C2NC(C)=O)OC(CO)C(O)C1O. The van der Waals surface area contributed by atoms with E-state index in [1.807, 2.05) is 20.8 Å². The van der Waals surface area contributed by atoms with Gasteiger partial charge in [0, 0.05) is 59.8 Å². The monoisotopic (exact) mass is 1550 g/mol. The third-order valence-electron chi connectivity index (χ3n) is 16.6. The number of carbonyl (C=O) groups excluding carboxylic acids is 9. The maximum atomic E-state index is 13.8. The zero-order valence-electron chi connectivity index (χ0n) is 61.4. The number of amides is 9. The molecule has 4 aliphatic heterocycles. The van der Waals surface area contributed by atoms with Crippen LogP contribution >= 0.6 is 0 Å². The van der Waals surface area contributed by atoms with Crippen molar-refractivity contribution in [3.8, 4) is 0 Å². The first-order valence-electron chi connectivity index (χ1n) is 35.6. The van der Waals surface area contributed by atoms with Crippen LogP contribution < -0.4 is 47.9 Å². The van der Waals surface area contributed by atoms with Crippen molar-refractivity contribution in [2.75, 3.05) is 152 Å². The molecular formula is C65H115N9O33. The quantitative estimate of drug-likeness (QED) is 0.0252. The molecule has 0 spiro atoms. The van der Waals surface area contributed by atoms with Crippen molar-refractivity contribution >= 4 is 53.2 Å². The van der Waals surface area contributed by atoms with E-state index in [2.05, 4.69) is 47.9 Å². The Labute approximate surface area is 619 Å². The van der Waals surface area contributed by atoms with Crippen LogP contribution in [0.15, 0.2) is 0 Å². The fraction of sp³-hybridized carbons (Fsp3) is 0.862. The number of ether oxygens (including phenoxy) is 14. The van der Waals surface area contributed by atoms with Gasteiger partial charge in [-0.1, -0.05) is 0 Å². The van der Waals surface area contributed by atoms with Gasteiger partial charge in [0.05, 0.1) is 131 Å². The lowest BCUT2D eigenvalue weighted by molar-refractivity contribution is -0.272. The number of carbonyl (C=O) groups is 9. The molecule has 9 amide bonds. The minimum absolute atomic E-state index is 0.0235. The Morgan fingerprint density at radius 3 is 1.16 bits per heavy atom. The van der Waals surface area contributed by atoms with Crippen LogP contribution in [0.3, 0.4) is 0 Å². The number of hydrogen-bond donors (Lipinski definition) is 19. The van der Waals surface area contributed by atoms with Gasteiger partial charge in [0.2, 0.25) is 53.2 Å². The maximum absolute atomic E-state index is 13.8. The van der Waals surface area contributed by atoms with Crippen molar-refractivity contribution in [3.63, 3.8) is 0 Å². The summed E-state index contributed by atoms with van der Waals surface area (Å²) < 4.78 is 78.4. The van der Waals surface area contributed by atoms with Crippen molar-refractivity contribution in [2.45, 2.75) is 208 Å². The van der Waals surface area contributed by atoms with Gasteiger partial charge >= 0.3 is 0 Å². The average molecular weight is 1550 g/mol. The molecule has 0 aromatic heterocycles. The molecule has 0 aromatic carbocycles. The third kappa shape index (κ3) is 35.5. The summed E-state index contributed by atoms with van der Waals surface area (Å²) in [5, 5.41) is 125. The molecule has 0 aliphatic carbocycles. The van der Waals surface area contributed by atoms with Crippen molar-refractivity contribution in [3.05, 3.63) is 0 Å². The highest BCUT2D eigenvalue weighted by Gasteiger charge is 2.48. The highest BCUT2D eigenvalue weighted by molar-refractivity contribution is 5.90. The lowest BCUT2D eigenvalue weighted by Crippen LogP contribution is -2.64. The summed E-state index contributed by atoms with van der Waals surface area (Å²) in [6.45, 7) is 5.80. The number of rotatable bonds is 51. The number of aliphatic hydroxyl groups is 10. The Hall–Kier alpha value is -5.73. The molecule has 15 unspecified atom stereocenters. The molecule has 618 valence electrons. The van der Waals surface area contributed by atoms with Gasteiger partial charge in [-0.2, -0.15) is 0 Å². The summed E-state index contributed by atoms with van der Waals surface area (Å²) in [7, 11) is 0. The molecule has 4 rings (SSSR count). The second kappa shape index (κ2) is 50.9. The van der Waals surface area contributed by atoms with Crippen LogP contribution in [0.1, 0.15) is 80.1 Å². The Bertz CT molecular complexity index is 2640. The summed E-state index contributed by atoms with van der Waals surface area (Å²) in [5.41, 5.74) is -0.453. The van der Waals surface area contributed by atoms with Crippen LogP contribution in [0.5, 0.6) is 0 Å². The standard InChI is InChI=1S/C65H115N9O33/c1-36(78)70-50-56(88)53(85)43(31-75)105-62(50)100-28-25-95-17-13-66-47(82)11-7-39(59(91)67-14-18-96-26-29-101-63-51(71-37(2)79)57(89)54(86)44(32-76)106-63)73-48(83)12-8-40(60(92)68-15-19-97-27-30-102-64-52(72-38(3)80)58(90)55(87)45(33-77)107-64)74-49(84)35-99-24-23-98-22-21-94-20-16-69-61(93)42-10-9-41(81)46(104-42)34-103-65(4,5)6/h39-46,50-58,62-64,75-77,81,85-90H,7-35H2,1-6H3,(H,66,82)(H,67,91)(H,68,92)(H,69,93)(H,70,78)(H,71,79)(H,72,80)(H,73,83)(H,74,84)/t39-,40-,41-,42-,43?,44?,45?,46+,50?,51?,52?,53?,54?,55?,56?,57?,58?,62?,63?,64?/m0/s1. The molecular weight excluding hydrogens is 1430 g/mol. The molecule has 42 heteroatoms. The summed E-state index contributed by atoms with van der Waals surface area (Å²) in [6.07, 6.45) is -19.7. The summed E-state index contributed by atoms with van der Waals surface area (Å²) in [4.78, 5) is 116. The highest BCUT2D eigenvalue weighted by Crippen LogP contribution is 2.26. The molecule has 42 nitrogen and oxygen atoms in total. The molecule has 4 saturated heterocycles. The van der Waals surface area contributed by atoms with Gasteiger partial charge in [-0.3, -0.25) is 43.2 Å². The molecule has 0 aromatic rings. The molecule has 107 heavy (non-hydrogen) atoms. The first-order chi connectivity index (χ1) is 51.0. The molecule has 0 bridgehead atoms.